The van der Waals surface area contributed by atoms with E-state index in [0.29, 0.717) is 0 Å². The minimum Gasteiger partial charge on any atom is -0.351 e. The fraction of sp³-hybridized carbons (Fsp3) is 0.545. The monoisotopic (exact) mass is 207 g/mol. The van der Waals surface area contributed by atoms with Crippen LogP contribution in [0.4, 0.5) is 0 Å². The zero-order valence-corrected chi connectivity index (χ0v) is 9.64. The Labute approximate surface area is 90.4 Å². The second-order valence-corrected chi connectivity index (χ2v) is 3.71. The van der Waals surface area contributed by atoms with Crippen LogP contribution in [0.3, 0.4) is 0 Å². The van der Waals surface area contributed by atoms with E-state index in [1.54, 1.807) is 13.3 Å². The topological polar surface area (TPSA) is 46.8 Å². The molecule has 82 valence electrons. The van der Waals surface area contributed by atoms with E-state index in [9.17, 15) is 0 Å². The molecule has 1 unspecified atom stereocenters. The van der Waals surface area contributed by atoms with Gasteiger partial charge in [-0.15, -0.1) is 0 Å². The molecule has 1 rings (SSSR count). The SMILES string of the molecule is COC(C)(N=NC(C)C)c1ccccn1. The van der Waals surface area contributed by atoms with E-state index in [1.807, 2.05) is 39.0 Å². The Balaban J connectivity index is 2.95. The lowest BCUT2D eigenvalue weighted by atomic mass is 10.1. The molecule has 0 fully saturated rings. The minimum absolute atomic E-state index is 0.156. The Morgan fingerprint density at radius 2 is 2.13 bits per heavy atom. The van der Waals surface area contributed by atoms with Crippen LogP contribution >= 0.6 is 0 Å². The molecule has 0 saturated heterocycles. The lowest BCUT2D eigenvalue weighted by Crippen LogP contribution is -2.22. The summed E-state index contributed by atoms with van der Waals surface area (Å²) in [5, 5.41) is 8.29. The third-order valence-electron chi connectivity index (χ3n) is 2.02. The first kappa shape index (κ1) is 11.8. The van der Waals surface area contributed by atoms with Crippen LogP contribution in [-0.4, -0.2) is 18.1 Å². The van der Waals surface area contributed by atoms with E-state index in [0.717, 1.165) is 5.69 Å². The van der Waals surface area contributed by atoms with Crippen LogP contribution in [0, 0.1) is 0 Å². The lowest BCUT2D eigenvalue weighted by molar-refractivity contribution is -0.00131. The number of azo groups is 1. The van der Waals surface area contributed by atoms with E-state index < -0.39 is 5.72 Å². The number of rotatable bonds is 4. The van der Waals surface area contributed by atoms with Gasteiger partial charge in [0.2, 0.25) is 5.72 Å². The van der Waals surface area contributed by atoms with Gasteiger partial charge >= 0.3 is 0 Å². The van der Waals surface area contributed by atoms with Gasteiger partial charge in [0.1, 0.15) is 0 Å². The Morgan fingerprint density at radius 1 is 1.40 bits per heavy atom. The van der Waals surface area contributed by atoms with Crippen molar-refractivity contribution in [3.05, 3.63) is 30.1 Å². The predicted molar refractivity (Wildman–Crippen MR) is 58.6 cm³/mol. The van der Waals surface area contributed by atoms with E-state index in [2.05, 4.69) is 15.2 Å². The summed E-state index contributed by atoms with van der Waals surface area (Å²) in [5.41, 5.74) is -0.0252. The predicted octanol–water partition coefficient (Wildman–Crippen LogP) is 2.76. The van der Waals surface area contributed by atoms with Crippen LogP contribution in [0.15, 0.2) is 34.6 Å². The second kappa shape index (κ2) is 4.98. The van der Waals surface area contributed by atoms with E-state index in [4.69, 9.17) is 4.74 Å². The minimum atomic E-state index is -0.786. The van der Waals surface area contributed by atoms with Gasteiger partial charge in [0.25, 0.3) is 0 Å². The quantitative estimate of drug-likeness (QED) is 0.713. The Kier molecular flexibility index (Phi) is 3.91. The standard InChI is InChI=1S/C11H17N3O/c1-9(2)13-14-11(3,15-4)10-7-5-6-8-12-10/h5-9H,1-4H3. The number of methoxy groups -OCH3 is 1. The van der Waals surface area contributed by atoms with Crippen molar-refractivity contribution in [3.8, 4) is 0 Å². The first-order valence-corrected chi connectivity index (χ1v) is 4.97. The molecule has 4 nitrogen and oxygen atoms in total. The summed E-state index contributed by atoms with van der Waals surface area (Å²) in [4.78, 5) is 4.22. The average molecular weight is 207 g/mol. The average Bonchev–Trinajstić information content (AvgIpc) is 2.27. The van der Waals surface area contributed by atoms with Crippen molar-refractivity contribution in [2.45, 2.75) is 32.5 Å². The molecule has 0 aliphatic rings. The summed E-state index contributed by atoms with van der Waals surface area (Å²) in [6.45, 7) is 5.79. The number of hydrogen-bond donors (Lipinski definition) is 0. The molecule has 1 heterocycles. The number of aromatic nitrogens is 1. The summed E-state index contributed by atoms with van der Waals surface area (Å²) in [6, 6.07) is 5.80. The molecule has 0 amide bonds. The van der Waals surface area contributed by atoms with Crippen molar-refractivity contribution in [2.24, 2.45) is 10.2 Å². The van der Waals surface area contributed by atoms with E-state index in [-0.39, 0.29) is 6.04 Å². The summed E-state index contributed by atoms with van der Waals surface area (Å²) in [7, 11) is 1.61. The van der Waals surface area contributed by atoms with Gasteiger partial charge in [-0.25, -0.2) is 0 Å². The Morgan fingerprint density at radius 3 is 2.60 bits per heavy atom. The smallest absolute Gasteiger partial charge is 0.218 e. The molecule has 0 spiro atoms. The van der Waals surface area contributed by atoms with Crippen LogP contribution in [0.25, 0.3) is 0 Å². The van der Waals surface area contributed by atoms with Gasteiger partial charge in [0.15, 0.2) is 0 Å². The van der Waals surface area contributed by atoms with Gasteiger partial charge in [-0.05, 0) is 32.9 Å². The van der Waals surface area contributed by atoms with Crippen LogP contribution in [0.1, 0.15) is 26.5 Å². The largest absolute Gasteiger partial charge is 0.351 e. The summed E-state index contributed by atoms with van der Waals surface area (Å²) in [5.74, 6) is 0. The van der Waals surface area contributed by atoms with Crippen LogP contribution in [-0.2, 0) is 10.5 Å². The number of pyridine rings is 1. The van der Waals surface area contributed by atoms with Crippen LogP contribution in [0.2, 0.25) is 0 Å². The molecule has 0 aliphatic carbocycles. The normalized spacial score (nSPS) is 15.8. The molecule has 0 radical (unpaired) electrons. The zero-order chi connectivity index (χ0) is 11.3. The van der Waals surface area contributed by atoms with Gasteiger partial charge in [-0.3, -0.25) is 4.98 Å². The van der Waals surface area contributed by atoms with Crippen LogP contribution < -0.4 is 0 Å². The summed E-state index contributed by atoms with van der Waals surface area (Å²) in [6.07, 6.45) is 1.72. The first-order valence-electron chi connectivity index (χ1n) is 4.97. The van der Waals surface area contributed by atoms with E-state index in [1.165, 1.54) is 0 Å². The number of hydrogen-bond acceptors (Lipinski definition) is 4. The van der Waals surface area contributed by atoms with Crippen molar-refractivity contribution >= 4 is 0 Å². The molecule has 1 atom stereocenters. The molecule has 0 bridgehead atoms. The molecule has 1 aromatic heterocycles. The second-order valence-electron chi connectivity index (χ2n) is 3.71. The van der Waals surface area contributed by atoms with E-state index >= 15 is 0 Å². The molecular weight excluding hydrogens is 190 g/mol. The highest BCUT2D eigenvalue weighted by Crippen LogP contribution is 2.24. The fourth-order valence-corrected chi connectivity index (χ4v) is 1.06. The molecule has 0 aromatic carbocycles. The first-order chi connectivity index (χ1) is 7.08. The molecule has 15 heavy (non-hydrogen) atoms. The number of nitrogens with zero attached hydrogens (tertiary/aromatic N) is 3. The van der Waals surface area contributed by atoms with Crippen molar-refractivity contribution in [1.82, 2.24) is 4.98 Å². The van der Waals surface area contributed by atoms with Gasteiger partial charge in [-0.2, -0.15) is 10.2 Å². The molecular formula is C11H17N3O. The van der Waals surface area contributed by atoms with Crippen LogP contribution in [0.5, 0.6) is 0 Å². The van der Waals surface area contributed by atoms with Crippen molar-refractivity contribution in [3.63, 3.8) is 0 Å². The third-order valence-corrected chi connectivity index (χ3v) is 2.02. The highest BCUT2D eigenvalue weighted by atomic mass is 16.5. The summed E-state index contributed by atoms with van der Waals surface area (Å²) < 4.78 is 5.35. The Hall–Kier alpha value is -1.29. The maximum absolute atomic E-state index is 5.35. The molecule has 1 aromatic rings. The van der Waals surface area contributed by atoms with Gasteiger partial charge in [-0.1, -0.05) is 6.07 Å². The number of ether oxygens (including phenoxy) is 1. The summed E-state index contributed by atoms with van der Waals surface area (Å²) >= 11 is 0. The molecule has 4 heteroatoms. The highest BCUT2D eigenvalue weighted by molar-refractivity contribution is 5.11. The zero-order valence-electron chi connectivity index (χ0n) is 9.64. The maximum atomic E-state index is 5.35. The van der Waals surface area contributed by atoms with Gasteiger partial charge in [0.05, 0.1) is 11.7 Å². The third kappa shape index (κ3) is 3.09. The molecule has 0 aliphatic heterocycles. The lowest BCUT2D eigenvalue weighted by Gasteiger charge is -2.21. The fourth-order valence-electron chi connectivity index (χ4n) is 1.06. The Bertz CT molecular complexity index is 324. The van der Waals surface area contributed by atoms with Gasteiger partial charge < -0.3 is 4.74 Å². The van der Waals surface area contributed by atoms with Crippen molar-refractivity contribution in [1.29, 1.82) is 0 Å². The maximum Gasteiger partial charge on any atom is 0.218 e. The van der Waals surface area contributed by atoms with Crippen molar-refractivity contribution in [2.75, 3.05) is 7.11 Å². The van der Waals surface area contributed by atoms with Gasteiger partial charge in [0, 0.05) is 13.3 Å². The molecule has 0 N–H and O–H groups in total. The van der Waals surface area contributed by atoms with Crippen molar-refractivity contribution < 1.29 is 4.74 Å². The molecule has 0 saturated carbocycles. The highest BCUT2D eigenvalue weighted by Gasteiger charge is 2.27.